The normalized spacial score (nSPS) is 8.60. The molecule has 1 aromatic heterocycles. The average molecular weight is 447 g/mol. The maximum absolute atomic E-state index is 9.55. The summed E-state index contributed by atoms with van der Waals surface area (Å²) in [7, 11) is 0. The molecule has 1 heterocycles. The number of unbranched alkanes of at least 4 members (excludes halogenated alkanes) is 2. The molecule has 2 rings (SSSR count). The zero-order valence-corrected chi connectivity index (χ0v) is 13.4. The van der Waals surface area contributed by atoms with E-state index in [0.717, 1.165) is 17.5 Å². The third-order valence-electron chi connectivity index (χ3n) is 2.34. The Morgan fingerprint density at radius 1 is 1.05 bits per heavy atom. The molecule has 0 aliphatic heterocycles. The number of hydrogen-bond acceptors (Lipinski definition) is 3. The van der Waals surface area contributed by atoms with Crippen LogP contribution < -0.4 is 0 Å². The smallest absolute Gasteiger partial charge is 0.119 e. The summed E-state index contributed by atoms with van der Waals surface area (Å²) in [4.78, 5) is 23.2. The van der Waals surface area contributed by atoms with Crippen molar-refractivity contribution in [2.45, 2.75) is 19.3 Å². The van der Waals surface area contributed by atoms with Crippen LogP contribution in [0.3, 0.4) is 0 Å². The minimum atomic E-state index is 0. The van der Waals surface area contributed by atoms with Crippen LogP contribution in [0.5, 0.6) is 0 Å². The van der Waals surface area contributed by atoms with Crippen LogP contribution in [0.25, 0.3) is 11.3 Å². The molecule has 20 heavy (non-hydrogen) atoms. The van der Waals surface area contributed by atoms with Crippen LogP contribution >= 0.6 is 0 Å². The molecule has 0 fully saturated rings. The van der Waals surface area contributed by atoms with Crippen LogP contribution in [0.15, 0.2) is 54.7 Å². The van der Waals surface area contributed by atoms with Gasteiger partial charge in [-0.3, -0.25) is 11.3 Å². The maximum Gasteiger partial charge on any atom is 0.119 e. The van der Waals surface area contributed by atoms with Gasteiger partial charge in [-0.05, 0) is 12.1 Å². The van der Waals surface area contributed by atoms with Gasteiger partial charge in [-0.2, -0.15) is 6.42 Å². The van der Waals surface area contributed by atoms with E-state index < -0.39 is 0 Å². The molecular weight excluding hydrogens is 430 g/mol. The van der Waals surface area contributed by atoms with Gasteiger partial charge in [-0.25, -0.2) is 0 Å². The Morgan fingerprint density at radius 2 is 1.75 bits per heavy atom. The van der Waals surface area contributed by atoms with Crippen molar-refractivity contribution in [3.05, 3.63) is 54.7 Å². The van der Waals surface area contributed by atoms with E-state index in [0.29, 0.717) is 19.3 Å². The van der Waals surface area contributed by atoms with Crippen molar-refractivity contribution in [1.82, 2.24) is 4.98 Å². The topological polar surface area (TPSA) is 47.0 Å². The van der Waals surface area contributed by atoms with Gasteiger partial charge in [-0.1, -0.05) is 42.8 Å². The molecule has 3 nitrogen and oxygen atoms in total. The van der Waals surface area contributed by atoms with E-state index in [-0.39, 0.29) is 20.1 Å². The number of nitrogens with zero attached hydrogens (tertiary/aromatic N) is 1. The van der Waals surface area contributed by atoms with Crippen molar-refractivity contribution < 1.29 is 29.7 Å². The first-order valence-corrected chi connectivity index (χ1v) is 6.13. The molecule has 0 saturated heterocycles. The maximum atomic E-state index is 9.55. The van der Waals surface area contributed by atoms with Gasteiger partial charge in [0.05, 0.1) is 5.69 Å². The SMILES string of the molecule is O=[C-]CCCC=O.[Ir].c1ccc(-c2ccccn2)cc1. The minimum absolute atomic E-state index is 0. The Morgan fingerprint density at radius 3 is 2.30 bits per heavy atom. The first kappa shape index (κ1) is 18.4. The molecule has 0 saturated carbocycles. The summed E-state index contributed by atoms with van der Waals surface area (Å²) in [5.41, 5.74) is 2.19. The van der Waals surface area contributed by atoms with Crippen molar-refractivity contribution in [2.24, 2.45) is 0 Å². The molecule has 107 valence electrons. The van der Waals surface area contributed by atoms with E-state index in [4.69, 9.17) is 0 Å². The fourth-order valence-corrected chi connectivity index (χ4v) is 1.40. The Kier molecular flexibility index (Phi) is 11.4. The fourth-order valence-electron chi connectivity index (χ4n) is 1.40. The molecular formula is C16H16IrNO2-. The number of rotatable bonds is 5. The molecule has 1 radical (unpaired) electrons. The molecule has 0 aliphatic carbocycles. The number of benzene rings is 1. The van der Waals surface area contributed by atoms with Crippen molar-refractivity contribution in [2.75, 3.05) is 0 Å². The molecule has 0 unspecified atom stereocenters. The standard InChI is InChI=1S/C11H9N.C5H7O2.Ir/c1-2-6-10(7-3-1)11-8-4-5-9-12-11;6-4-2-1-3-5-7;/h1-9H;4H,1-3H2;/q;-1;. The molecule has 0 atom stereocenters. The quantitative estimate of drug-likeness (QED) is 0.403. The summed E-state index contributed by atoms with van der Waals surface area (Å²) in [5.74, 6) is 0. The summed E-state index contributed by atoms with van der Waals surface area (Å²) < 4.78 is 0. The van der Waals surface area contributed by atoms with E-state index in [1.807, 2.05) is 42.6 Å². The van der Waals surface area contributed by atoms with E-state index in [2.05, 4.69) is 17.1 Å². The van der Waals surface area contributed by atoms with Crippen LogP contribution in [-0.2, 0) is 29.7 Å². The van der Waals surface area contributed by atoms with E-state index in [1.165, 1.54) is 0 Å². The van der Waals surface area contributed by atoms with Crippen LogP contribution in [-0.4, -0.2) is 17.6 Å². The number of aldehydes is 1. The Labute approximate surface area is 132 Å². The number of carbonyl (C=O) groups excluding carboxylic acids is 2. The number of pyridine rings is 1. The Balaban J connectivity index is 0.000000396. The summed E-state index contributed by atoms with van der Waals surface area (Å²) in [6.45, 7) is 0. The molecule has 2 aromatic rings. The summed E-state index contributed by atoms with van der Waals surface area (Å²) in [6.07, 6.45) is 5.82. The third kappa shape index (κ3) is 7.72. The van der Waals surface area contributed by atoms with Gasteiger partial charge in [0, 0.05) is 38.3 Å². The van der Waals surface area contributed by atoms with Crippen molar-refractivity contribution in [1.29, 1.82) is 0 Å². The monoisotopic (exact) mass is 447 g/mol. The molecule has 1 aromatic carbocycles. The van der Waals surface area contributed by atoms with E-state index in [1.54, 1.807) is 6.29 Å². The average Bonchev–Trinajstić information content (AvgIpc) is 2.50. The molecule has 4 heteroatoms. The summed E-state index contributed by atoms with van der Waals surface area (Å²) in [6, 6.07) is 16.1. The van der Waals surface area contributed by atoms with Gasteiger partial charge in [0.1, 0.15) is 6.29 Å². The van der Waals surface area contributed by atoms with Crippen LogP contribution in [0.2, 0.25) is 0 Å². The summed E-state index contributed by atoms with van der Waals surface area (Å²) in [5, 5.41) is 0. The van der Waals surface area contributed by atoms with Gasteiger partial charge in [0.2, 0.25) is 0 Å². The number of carbonyl (C=O) groups is 1. The van der Waals surface area contributed by atoms with Crippen molar-refractivity contribution >= 4 is 12.6 Å². The van der Waals surface area contributed by atoms with Crippen molar-refractivity contribution in [3.8, 4) is 11.3 Å². The first-order valence-electron chi connectivity index (χ1n) is 6.13. The van der Waals surface area contributed by atoms with Crippen LogP contribution in [0.4, 0.5) is 0 Å². The van der Waals surface area contributed by atoms with Gasteiger partial charge in [0.25, 0.3) is 0 Å². The van der Waals surface area contributed by atoms with Crippen molar-refractivity contribution in [3.63, 3.8) is 0 Å². The minimum Gasteiger partial charge on any atom is -0.542 e. The largest absolute Gasteiger partial charge is 0.542 e. The zero-order valence-electron chi connectivity index (χ0n) is 11.0. The second-order valence-electron chi connectivity index (χ2n) is 3.78. The van der Waals surface area contributed by atoms with Gasteiger partial charge < -0.3 is 9.59 Å². The van der Waals surface area contributed by atoms with Gasteiger partial charge in [0.15, 0.2) is 0 Å². The predicted molar refractivity (Wildman–Crippen MR) is 75.3 cm³/mol. The molecule has 0 bridgehead atoms. The molecule has 0 spiro atoms. The molecule has 0 N–H and O–H groups in total. The van der Waals surface area contributed by atoms with Crippen LogP contribution in [0.1, 0.15) is 19.3 Å². The fraction of sp³-hybridized carbons (Fsp3) is 0.188. The van der Waals surface area contributed by atoms with Crippen LogP contribution in [0, 0.1) is 0 Å². The predicted octanol–water partition coefficient (Wildman–Crippen LogP) is 3.21. The molecule has 0 amide bonds. The van der Waals surface area contributed by atoms with Gasteiger partial charge >= 0.3 is 0 Å². The number of aromatic nitrogens is 1. The molecule has 0 aliphatic rings. The van der Waals surface area contributed by atoms with E-state index in [9.17, 15) is 9.59 Å². The zero-order chi connectivity index (χ0) is 13.8. The second kappa shape index (κ2) is 12.4. The van der Waals surface area contributed by atoms with E-state index >= 15 is 0 Å². The second-order valence-corrected chi connectivity index (χ2v) is 3.78. The third-order valence-corrected chi connectivity index (χ3v) is 2.34. The Bertz CT molecular complexity index is 429. The number of hydrogen-bond donors (Lipinski definition) is 0. The van der Waals surface area contributed by atoms with Gasteiger partial charge in [-0.15, -0.1) is 0 Å². The first-order chi connectivity index (χ1) is 9.38. The summed E-state index contributed by atoms with van der Waals surface area (Å²) >= 11 is 0. The Hall–Kier alpha value is -1.64.